The summed E-state index contributed by atoms with van der Waals surface area (Å²) in [5.41, 5.74) is 9.27. The molecule has 2 aromatic carbocycles. The van der Waals surface area contributed by atoms with Crippen LogP contribution in [0.25, 0.3) is 0 Å². The number of ether oxygens (including phenoxy) is 1. The van der Waals surface area contributed by atoms with Gasteiger partial charge in [0.05, 0.1) is 5.56 Å². The molecular weight excluding hydrogens is 374 g/mol. The van der Waals surface area contributed by atoms with Gasteiger partial charge in [0.1, 0.15) is 17.3 Å². The number of hydrogen-bond acceptors (Lipinski definition) is 4. The summed E-state index contributed by atoms with van der Waals surface area (Å²) in [5.74, 6) is 2.11. The topological polar surface area (TPSA) is 77.2 Å². The lowest BCUT2D eigenvalue weighted by Gasteiger charge is -2.13. The number of benzene rings is 2. The van der Waals surface area contributed by atoms with Crippen molar-refractivity contribution in [1.82, 2.24) is 10.3 Å². The van der Waals surface area contributed by atoms with Crippen molar-refractivity contribution in [2.75, 3.05) is 5.73 Å². The minimum Gasteiger partial charge on any atom is -0.457 e. The van der Waals surface area contributed by atoms with Gasteiger partial charge in [-0.3, -0.25) is 4.79 Å². The maximum absolute atomic E-state index is 12.3. The molecule has 156 valence electrons. The molecule has 1 unspecified atom stereocenters. The molecule has 1 amide bonds. The molecule has 0 saturated heterocycles. The number of aryl methyl sites for hydroxylation is 1. The third-order valence-corrected chi connectivity index (χ3v) is 5.07. The van der Waals surface area contributed by atoms with Gasteiger partial charge in [0.2, 0.25) is 0 Å². The Kier molecular flexibility index (Phi) is 7.07. The SMILES string of the molecule is CCCC(C)c1cccc(Oc2ccc(CNC(=O)c3ccc(C)nc3N)cc2)c1. The average Bonchev–Trinajstić information content (AvgIpc) is 2.73. The van der Waals surface area contributed by atoms with E-state index in [2.05, 4.69) is 36.3 Å². The van der Waals surface area contributed by atoms with E-state index in [0.717, 1.165) is 35.6 Å². The second kappa shape index (κ2) is 9.92. The zero-order chi connectivity index (χ0) is 21.5. The van der Waals surface area contributed by atoms with Gasteiger partial charge in [-0.15, -0.1) is 0 Å². The molecule has 0 fully saturated rings. The van der Waals surface area contributed by atoms with E-state index in [1.807, 2.05) is 43.3 Å². The van der Waals surface area contributed by atoms with E-state index in [4.69, 9.17) is 10.5 Å². The number of rotatable bonds is 8. The molecule has 3 aromatic rings. The zero-order valence-corrected chi connectivity index (χ0v) is 17.8. The maximum atomic E-state index is 12.3. The molecule has 0 aliphatic heterocycles. The van der Waals surface area contributed by atoms with E-state index in [9.17, 15) is 4.79 Å². The highest BCUT2D eigenvalue weighted by Crippen LogP contribution is 2.27. The van der Waals surface area contributed by atoms with Crippen LogP contribution >= 0.6 is 0 Å². The molecular formula is C25H29N3O2. The number of pyridine rings is 1. The highest BCUT2D eigenvalue weighted by molar-refractivity contribution is 5.98. The smallest absolute Gasteiger partial charge is 0.255 e. The van der Waals surface area contributed by atoms with Crippen LogP contribution in [-0.4, -0.2) is 10.9 Å². The fourth-order valence-electron chi connectivity index (χ4n) is 3.34. The largest absolute Gasteiger partial charge is 0.457 e. The molecule has 30 heavy (non-hydrogen) atoms. The molecule has 0 aliphatic carbocycles. The molecule has 3 rings (SSSR count). The molecule has 1 atom stereocenters. The molecule has 3 N–H and O–H groups in total. The first-order chi connectivity index (χ1) is 14.5. The Morgan fingerprint density at radius 2 is 1.87 bits per heavy atom. The Morgan fingerprint density at radius 3 is 2.57 bits per heavy atom. The van der Waals surface area contributed by atoms with Crippen molar-refractivity contribution < 1.29 is 9.53 Å². The lowest BCUT2D eigenvalue weighted by Crippen LogP contribution is -2.24. The second-order valence-electron chi connectivity index (χ2n) is 7.58. The van der Waals surface area contributed by atoms with Gasteiger partial charge in [0.15, 0.2) is 0 Å². The number of amides is 1. The van der Waals surface area contributed by atoms with Crippen molar-refractivity contribution >= 4 is 11.7 Å². The van der Waals surface area contributed by atoms with Crippen LogP contribution in [0.3, 0.4) is 0 Å². The predicted octanol–water partition coefficient (Wildman–Crippen LogP) is 5.60. The quantitative estimate of drug-likeness (QED) is 0.513. The number of aromatic nitrogens is 1. The number of nitrogen functional groups attached to an aromatic ring is 1. The summed E-state index contributed by atoms with van der Waals surface area (Å²) >= 11 is 0. The highest BCUT2D eigenvalue weighted by Gasteiger charge is 2.11. The molecule has 5 heteroatoms. The van der Waals surface area contributed by atoms with Crippen LogP contribution in [0.1, 0.15) is 59.8 Å². The minimum absolute atomic E-state index is 0.238. The van der Waals surface area contributed by atoms with Gasteiger partial charge in [0, 0.05) is 12.2 Å². The van der Waals surface area contributed by atoms with Gasteiger partial charge in [-0.25, -0.2) is 4.98 Å². The lowest BCUT2D eigenvalue weighted by atomic mass is 9.96. The third kappa shape index (κ3) is 5.60. The molecule has 0 saturated carbocycles. The van der Waals surface area contributed by atoms with Crippen molar-refractivity contribution in [1.29, 1.82) is 0 Å². The standard InChI is InChI=1S/C25H29N3O2/c1-4-6-17(2)20-7-5-8-22(15-20)30-21-12-10-19(11-13-21)16-27-25(29)23-14-9-18(3)28-24(23)26/h5,7-15,17H,4,6,16H2,1-3H3,(H2,26,28)(H,27,29). The number of nitrogens with two attached hydrogens (primary N) is 1. The van der Waals surface area contributed by atoms with Crippen LogP contribution in [0.4, 0.5) is 5.82 Å². The number of anilines is 1. The molecule has 0 radical (unpaired) electrons. The van der Waals surface area contributed by atoms with Crippen LogP contribution in [0.2, 0.25) is 0 Å². The summed E-state index contributed by atoms with van der Waals surface area (Å²) in [6.45, 7) is 6.68. The van der Waals surface area contributed by atoms with E-state index >= 15 is 0 Å². The number of carbonyl (C=O) groups is 1. The summed E-state index contributed by atoms with van der Waals surface area (Å²) in [4.78, 5) is 16.5. The fraction of sp³-hybridized carbons (Fsp3) is 0.280. The second-order valence-corrected chi connectivity index (χ2v) is 7.58. The molecule has 5 nitrogen and oxygen atoms in total. The van der Waals surface area contributed by atoms with Crippen molar-refractivity contribution in [3.8, 4) is 11.5 Å². The Bertz CT molecular complexity index is 1000. The third-order valence-electron chi connectivity index (χ3n) is 5.07. The average molecular weight is 404 g/mol. The van der Waals surface area contributed by atoms with E-state index in [-0.39, 0.29) is 11.7 Å². The molecule has 1 heterocycles. The first kappa shape index (κ1) is 21.4. The van der Waals surface area contributed by atoms with Gasteiger partial charge >= 0.3 is 0 Å². The number of hydrogen-bond donors (Lipinski definition) is 2. The van der Waals surface area contributed by atoms with Crippen molar-refractivity contribution in [2.24, 2.45) is 0 Å². The Hall–Kier alpha value is -3.34. The van der Waals surface area contributed by atoms with Gasteiger partial charge in [-0.2, -0.15) is 0 Å². The van der Waals surface area contributed by atoms with Gasteiger partial charge < -0.3 is 15.8 Å². The van der Waals surface area contributed by atoms with Crippen LogP contribution in [0, 0.1) is 6.92 Å². The van der Waals surface area contributed by atoms with Gasteiger partial charge in [-0.1, -0.05) is 44.5 Å². The van der Waals surface area contributed by atoms with E-state index in [1.54, 1.807) is 12.1 Å². The monoisotopic (exact) mass is 403 g/mol. The zero-order valence-electron chi connectivity index (χ0n) is 17.8. The fourth-order valence-corrected chi connectivity index (χ4v) is 3.34. The molecule has 0 aliphatic rings. The first-order valence-corrected chi connectivity index (χ1v) is 10.3. The first-order valence-electron chi connectivity index (χ1n) is 10.3. The van der Waals surface area contributed by atoms with Gasteiger partial charge in [-0.05, 0) is 66.8 Å². The van der Waals surface area contributed by atoms with Crippen LogP contribution in [0.15, 0.2) is 60.7 Å². The predicted molar refractivity (Wildman–Crippen MR) is 121 cm³/mol. The van der Waals surface area contributed by atoms with Crippen LogP contribution in [0.5, 0.6) is 11.5 Å². The number of nitrogens with one attached hydrogen (secondary N) is 1. The lowest BCUT2D eigenvalue weighted by molar-refractivity contribution is 0.0951. The van der Waals surface area contributed by atoms with Crippen molar-refractivity contribution in [2.45, 2.75) is 46.1 Å². The molecule has 1 aromatic heterocycles. The summed E-state index contributed by atoms with van der Waals surface area (Å²) in [6.07, 6.45) is 2.32. The maximum Gasteiger partial charge on any atom is 0.255 e. The Morgan fingerprint density at radius 1 is 1.10 bits per heavy atom. The number of carbonyl (C=O) groups excluding carboxylic acids is 1. The summed E-state index contributed by atoms with van der Waals surface area (Å²) in [7, 11) is 0. The highest BCUT2D eigenvalue weighted by atomic mass is 16.5. The van der Waals surface area contributed by atoms with Crippen molar-refractivity contribution in [3.05, 3.63) is 83.0 Å². The summed E-state index contributed by atoms with van der Waals surface area (Å²) in [6, 6.07) is 19.4. The molecule has 0 spiro atoms. The van der Waals surface area contributed by atoms with Crippen LogP contribution in [-0.2, 0) is 6.54 Å². The minimum atomic E-state index is -0.238. The van der Waals surface area contributed by atoms with Crippen LogP contribution < -0.4 is 15.8 Å². The normalized spacial score (nSPS) is 11.7. The van der Waals surface area contributed by atoms with Crippen molar-refractivity contribution in [3.63, 3.8) is 0 Å². The van der Waals surface area contributed by atoms with E-state index < -0.39 is 0 Å². The molecule has 0 bridgehead atoms. The van der Waals surface area contributed by atoms with E-state index in [0.29, 0.717) is 18.0 Å². The Labute approximate surface area is 178 Å². The van der Waals surface area contributed by atoms with E-state index in [1.165, 1.54) is 5.56 Å². The Balaban J connectivity index is 1.59. The summed E-state index contributed by atoms with van der Waals surface area (Å²) in [5, 5.41) is 2.88. The number of nitrogens with zero attached hydrogens (tertiary/aromatic N) is 1. The van der Waals surface area contributed by atoms with Gasteiger partial charge in [0.25, 0.3) is 5.91 Å². The summed E-state index contributed by atoms with van der Waals surface area (Å²) < 4.78 is 6.01.